The number of aryl methyl sites for hydroxylation is 1. The Kier molecular flexibility index (Phi) is 5.34. The molecule has 0 heterocycles. The van der Waals surface area contributed by atoms with Crippen molar-refractivity contribution in [1.82, 2.24) is 0 Å². The number of rotatable bonds is 4. The minimum atomic E-state index is -0.766. The molecule has 2 unspecified atom stereocenters. The third-order valence-electron chi connectivity index (χ3n) is 2.61. The molecule has 0 aromatic heterocycles. The highest BCUT2D eigenvalue weighted by Gasteiger charge is 2.34. The molecule has 18 heavy (non-hydrogen) atoms. The second-order valence-electron chi connectivity index (χ2n) is 3.84. The molecule has 0 spiro atoms. The van der Waals surface area contributed by atoms with Gasteiger partial charge in [0.05, 0.1) is 14.2 Å². The van der Waals surface area contributed by atoms with Gasteiger partial charge >= 0.3 is 11.9 Å². The number of methoxy groups -OCH3 is 2. The van der Waals surface area contributed by atoms with Crippen LogP contribution in [0.2, 0.25) is 0 Å². The van der Waals surface area contributed by atoms with Gasteiger partial charge in [-0.2, -0.15) is 0 Å². The lowest BCUT2D eigenvalue weighted by molar-refractivity contribution is -0.148. The van der Waals surface area contributed by atoms with Gasteiger partial charge in [-0.1, -0.05) is 45.8 Å². The van der Waals surface area contributed by atoms with Gasteiger partial charge in [0.2, 0.25) is 0 Å². The van der Waals surface area contributed by atoms with Crippen molar-refractivity contribution < 1.29 is 19.1 Å². The van der Waals surface area contributed by atoms with Crippen LogP contribution in [0, 0.1) is 6.92 Å². The number of carbonyl (C=O) groups excluding carboxylic acids is 2. The molecule has 5 heteroatoms. The lowest BCUT2D eigenvalue weighted by atomic mass is 9.95. The predicted molar refractivity (Wildman–Crippen MR) is 70.7 cm³/mol. The first kappa shape index (κ1) is 14.7. The first-order valence-corrected chi connectivity index (χ1v) is 6.29. The topological polar surface area (TPSA) is 52.6 Å². The van der Waals surface area contributed by atoms with Gasteiger partial charge in [-0.05, 0) is 12.5 Å². The molecule has 1 aromatic carbocycles. The molecule has 0 saturated heterocycles. The SMILES string of the molecule is COC(=O)C(Br)C(C(=O)OC)c1ccc(C)cc1. The Labute approximate surface area is 114 Å². The van der Waals surface area contributed by atoms with Crippen molar-refractivity contribution in [2.24, 2.45) is 0 Å². The summed E-state index contributed by atoms with van der Waals surface area (Å²) in [5, 5.41) is 0. The Hall–Kier alpha value is -1.36. The molecule has 0 bridgehead atoms. The van der Waals surface area contributed by atoms with Crippen LogP contribution in [0.3, 0.4) is 0 Å². The van der Waals surface area contributed by atoms with Crippen LogP contribution in [0.5, 0.6) is 0 Å². The number of esters is 2. The van der Waals surface area contributed by atoms with E-state index in [9.17, 15) is 9.59 Å². The fourth-order valence-electron chi connectivity index (χ4n) is 1.57. The monoisotopic (exact) mass is 314 g/mol. The molecule has 0 N–H and O–H groups in total. The summed E-state index contributed by atoms with van der Waals surface area (Å²) in [6, 6.07) is 7.35. The largest absolute Gasteiger partial charge is 0.469 e. The van der Waals surface area contributed by atoms with E-state index >= 15 is 0 Å². The normalized spacial score (nSPS) is 13.6. The summed E-state index contributed by atoms with van der Waals surface area (Å²) in [6.45, 7) is 1.95. The number of carbonyl (C=O) groups is 2. The van der Waals surface area contributed by atoms with Gasteiger partial charge < -0.3 is 9.47 Å². The van der Waals surface area contributed by atoms with E-state index in [1.54, 1.807) is 12.1 Å². The van der Waals surface area contributed by atoms with Crippen molar-refractivity contribution in [3.8, 4) is 0 Å². The molecular weight excluding hydrogens is 300 g/mol. The molecule has 0 aliphatic heterocycles. The van der Waals surface area contributed by atoms with Crippen molar-refractivity contribution in [1.29, 1.82) is 0 Å². The van der Waals surface area contributed by atoms with E-state index < -0.39 is 22.7 Å². The average molecular weight is 315 g/mol. The molecule has 0 aliphatic carbocycles. The number of hydrogen-bond donors (Lipinski definition) is 0. The Morgan fingerprint density at radius 1 is 1.06 bits per heavy atom. The maximum absolute atomic E-state index is 11.8. The van der Waals surface area contributed by atoms with Gasteiger partial charge in [0.25, 0.3) is 0 Å². The van der Waals surface area contributed by atoms with Crippen molar-refractivity contribution in [2.45, 2.75) is 17.7 Å². The molecular formula is C13H15BrO4. The van der Waals surface area contributed by atoms with Crippen molar-refractivity contribution in [3.05, 3.63) is 35.4 Å². The summed E-state index contributed by atoms with van der Waals surface area (Å²) in [6.07, 6.45) is 0. The number of ether oxygens (including phenoxy) is 2. The van der Waals surface area contributed by atoms with Crippen molar-refractivity contribution >= 4 is 27.9 Å². The van der Waals surface area contributed by atoms with Gasteiger partial charge in [-0.25, -0.2) is 0 Å². The van der Waals surface area contributed by atoms with Gasteiger partial charge in [0.1, 0.15) is 10.7 Å². The lowest BCUT2D eigenvalue weighted by Gasteiger charge is -2.19. The van der Waals surface area contributed by atoms with Crippen molar-refractivity contribution in [3.63, 3.8) is 0 Å². The summed E-state index contributed by atoms with van der Waals surface area (Å²) in [5.41, 5.74) is 1.78. The van der Waals surface area contributed by atoms with Crippen LogP contribution in [-0.4, -0.2) is 31.0 Å². The number of alkyl halides is 1. The van der Waals surface area contributed by atoms with Crippen LogP contribution < -0.4 is 0 Å². The fraction of sp³-hybridized carbons (Fsp3) is 0.385. The maximum atomic E-state index is 11.8. The van der Waals surface area contributed by atoms with E-state index in [2.05, 4.69) is 20.7 Å². The van der Waals surface area contributed by atoms with E-state index in [0.717, 1.165) is 5.56 Å². The van der Waals surface area contributed by atoms with Gasteiger partial charge in [0.15, 0.2) is 0 Å². The minimum absolute atomic E-state index is 0.480. The first-order valence-electron chi connectivity index (χ1n) is 5.37. The highest BCUT2D eigenvalue weighted by atomic mass is 79.9. The van der Waals surface area contributed by atoms with Crippen LogP contribution >= 0.6 is 15.9 Å². The average Bonchev–Trinajstić information content (AvgIpc) is 2.39. The molecule has 1 aromatic rings. The molecule has 2 atom stereocenters. The number of hydrogen-bond acceptors (Lipinski definition) is 4. The molecule has 0 amide bonds. The van der Waals surface area contributed by atoms with E-state index in [1.807, 2.05) is 19.1 Å². The molecule has 4 nitrogen and oxygen atoms in total. The third kappa shape index (κ3) is 3.32. The molecule has 98 valence electrons. The summed E-state index contributed by atoms with van der Waals surface area (Å²) in [5.74, 6) is -1.71. The van der Waals surface area contributed by atoms with Crippen LogP contribution in [0.15, 0.2) is 24.3 Å². The quantitative estimate of drug-likeness (QED) is 0.631. The Morgan fingerprint density at radius 2 is 1.56 bits per heavy atom. The zero-order valence-electron chi connectivity index (χ0n) is 10.5. The number of benzene rings is 1. The van der Waals surface area contributed by atoms with E-state index in [0.29, 0.717) is 5.56 Å². The zero-order valence-corrected chi connectivity index (χ0v) is 12.1. The summed E-state index contributed by atoms with van der Waals surface area (Å²) >= 11 is 3.19. The second kappa shape index (κ2) is 6.54. The first-order chi connectivity index (χ1) is 8.51. The van der Waals surface area contributed by atoms with E-state index in [1.165, 1.54) is 14.2 Å². The van der Waals surface area contributed by atoms with Crippen molar-refractivity contribution in [2.75, 3.05) is 14.2 Å². The zero-order chi connectivity index (χ0) is 13.7. The standard InChI is InChI=1S/C13H15BrO4/c1-8-4-6-9(7-5-8)10(12(15)17-2)11(14)13(16)18-3/h4-7,10-11H,1-3H3. The highest BCUT2D eigenvalue weighted by Crippen LogP contribution is 2.27. The second-order valence-corrected chi connectivity index (χ2v) is 4.82. The maximum Gasteiger partial charge on any atom is 0.320 e. The minimum Gasteiger partial charge on any atom is -0.469 e. The van der Waals surface area contributed by atoms with Crippen LogP contribution in [-0.2, 0) is 19.1 Å². The third-order valence-corrected chi connectivity index (χ3v) is 3.51. The van der Waals surface area contributed by atoms with Crippen LogP contribution in [0.25, 0.3) is 0 Å². The predicted octanol–water partition coefficient (Wildman–Crippen LogP) is 2.19. The summed E-state index contributed by atoms with van der Waals surface area (Å²) < 4.78 is 9.38. The van der Waals surface area contributed by atoms with Crippen LogP contribution in [0.1, 0.15) is 17.0 Å². The molecule has 0 fully saturated rings. The molecule has 1 rings (SSSR count). The van der Waals surface area contributed by atoms with Crippen LogP contribution in [0.4, 0.5) is 0 Å². The molecule has 0 saturated carbocycles. The Bertz CT molecular complexity index is 427. The number of halogens is 1. The van der Waals surface area contributed by atoms with Gasteiger partial charge in [-0.3, -0.25) is 9.59 Å². The smallest absolute Gasteiger partial charge is 0.320 e. The van der Waals surface area contributed by atoms with E-state index in [-0.39, 0.29) is 0 Å². The fourth-order valence-corrected chi connectivity index (χ4v) is 2.28. The van der Waals surface area contributed by atoms with E-state index in [4.69, 9.17) is 4.74 Å². The van der Waals surface area contributed by atoms with Gasteiger partial charge in [0, 0.05) is 0 Å². The van der Waals surface area contributed by atoms with Gasteiger partial charge in [-0.15, -0.1) is 0 Å². The Morgan fingerprint density at radius 3 is 2.00 bits per heavy atom. The molecule has 0 radical (unpaired) electrons. The Balaban J connectivity index is 3.09. The summed E-state index contributed by atoms with van der Waals surface area (Å²) in [7, 11) is 2.57. The molecule has 0 aliphatic rings. The lowest BCUT2D eigenvalue weighted by Crippen LogP contribution is -2.30. The summed E-state index contributed by atoms with van der Waals surface area (Å²) in [4.78, 5) is 22.6. The highest BCUT2D eigenvalue weighted by molar-refractivity contribution is 9.10.